The van der Waals surface area contributed by atoms with E-state index in [-0.39, 0.29) is 25.5 Å². The Kier molecular flexibility index (Phi) is 4.51. The molecular weight excluding hydrogens is 312 g/mol. The average molecular weight is 333 g/mol. The van der Waals surface area contributed by atoms with Gasteiger partial charge in [0.15, 0.2) is 0 Å². The summed E-state index contributed by atoms with van der Waals surface area (Å²) >= 11 is 0. The third-order valence-corrected chi connectivity index (χ3v) is 4.06. The molecule has 0 spiro atoms. The van der Waals surface area contributed by atoms with Crippen molar-refractivity contribution in [3.8, 4) is 0 Å². The highest BCUT2D eigenvalue weighted by Crippen LogP contribution is 2.30. The molecule has 1 saturated heterocycles. The van der Waals surface area contributed by atoms with Crippen LogP contribution in [0, 0.1) is 6.92 Å². The van der Waals surface area contributed by atoms with Gasteiger partial charge in [0.2, 0.25) is 5.95 Å². The Morgan fingerprint density at radius 3 is 2.67 bits per heavy atom. The second-order valence-corrected chi connectivity index (χ2v) is 6.16. The molecule has 0 bridgehead atoms. The van der Waals surface area contributed by atoms with Gasteiger partial charge in [0.1, 0.15) is 11.6 Å². The summed E-state index contributed by atoms with van der Waals surface area (Å²) in [6.45, 7) is 2.67. The number of nitrogens with zero attached hydrogens (tertiary/aromatic N) is 3. The van der Waals surface area contributed by atoms with Gasteiger partial charge in [0, 0.05) is 25.6 Å². The summed E-state index contributed by atoms with van der Waals surface area (Å²) in [6.07, 6.45) is 0.675. The molecule has 0 atom stereocenters. The Morgan fingerprint density at radius 1 is 1.25 bits per heavy atom. The van der Waals surface area contributed by atoms with Crippen molar-refractivity contribution < 1.29 is 8.78 Å². The van der Waals surface area contributed by atoms with Crippen molar-refractivity contribution in [2.75, 3.05) is 35.6 Å². The zero-order chi connectivity index (χ0) is 17.2. The van der Waals surface area contributed by atoms with E-state index >= 15 is 0 Å². The van der Waals surface area contributed by atoms with E-state index < -0.39 is 5.92 Å². The van der Waals surface area contributed by atoms with Crippen LogP contribution < -0.4 is 16.0 Å². The van der Waals surface area contributed by atoms with Gasteiger partial charge in [-0.3, -0.25) is 0 Å². The third-order valence-electron chi connectivity index (χ3n) is 4.06. The summed E-state index contributed by atoms with van der Waals surface area (Å²) in [5, 5.41) is 3.19. The lowest BCUT2D eigenvalue weighted by atomic mass is 10.1. The largest absolute Gasteiger partial charge is 0.370 e. The minimum Gasteiger partial charge on any atom is -0.370 e. The summed E-state index contributed by atoms with van der Waals surface area (Å²) in [5.41, 5.74) is 8.16. The van der Waals surface area contributed by atoms with E-state index in [0.717, 1.165) is 6.42 Å². The van der Waals surface area contributed by atoms with E-state index in [2.05, 4.69) is 46.5 Å². The Morgan fingerprint density at radius 2 is 2.00 bits per heavy atom. The highest BCUT2D eigenvalue weighted by Gasteiger charge is 2.38. The van der Waals surface area contributed by atoms with Gasteiger partial charge in [-0.25, -0.2) is 8.78 Å². The van der Waals surface area contributed by atoms with Crippen LogP contribution in [0.25, 0.3) is 0 Å². The lowest BCUT2D eigenvalue weighted by Crippen LogP contribution is -2.26. The number of hydrogen-bond acceptors (Lipinski definition) is 5. The Bertz CT molecular complexity index is 703. The van der Waals surface area contributed by atoms with Gasteiger partial charge in [0.05, 0.1) is 6.54 Å². The zero-order valence-corrected chi connectivity index (χ0v) is 13.6. The molecule has 0 saturated carbocycles. The molecule has 1 fully saturated rings. The number of nitrogens with one attached hydrogen (secondary N) is 1. The molecule has 128 valence electrons. The van der Waals surface area contributed by atoms with Crippen LogP contribution in [0.15, 0.2) is 30.3 Å². The lowest BCUT2D eigenvalue weighted by Gasteiger charge is -2.18. The molecule has 3 N–H and O–H groups in total. The maximum absolute atomic E-state index is 13.4. The second kappa shape index (κ2) is 6.59. The van der Waals surface area contributed by atoms with Crippen LogP contribution in [0.2, 0.25) is 0 Å². The van der Waals surface area contributed by atoms with Crippen molar-refractivity contribution in [2.45, 2.75) is 25.7 Å². The predicted octanol–water partition coefficient (Wildman–Crippen LogP) is 2.87. The number of rotatable bonds is 5. The first-order valence-electron chi connectivity index (χ1n) is 7.98. The van der Waals surface area contributed by atoms with E-state index in [4.69, 9.17) is 5.73 Å². The van der Waals surface area contributed by atoms with Crippen molar-refractivity contribution in [2.24, 2.45) is 0 Å². The fraction of sp³-hybridized carbons (Fsp3) is 0.412. The number of anilines is 3. The molecule has 0 radical (unpaired) electrons. The van der Waals surface area contributed by atoms with Gasteiger partial charge in [-0.2, -0.15) is 9.97 Å². The molecular formula is C17H21F2N5. The van der Waals surface area contributed by atoms with Gasteiger partial charge < -0.3 is 16.0 Å². The maximum atomic E-state index is 13.4. The number of halogens is 2. The summed E-state index contributed by atoms with van der Waals surface area (Å²) in [4.78, 5) is 9.75. The number of aryl methyl sites for hydroxylation is 1. The molecule has 7 heteroatoms. The van der Waals surface area contributed by atoms with Crippen molar-refractivity contribution >= 4 is 17.6 Å². The van der Waals surface area contributed by atoms with Crippen LogP contribution in [0.5, 0.6) is 0 Å². The monoisotopic (exact) mass is 333 g/mol. The lowest BCUT2D eigenvalue weighted by molar-refractivity contribution is 0.0256. The SMILES string of the molecule is Cc1ccc(CCNc2cc(N3CCC(F)(F)C3)nc(N)n2)cc1. The maximum Gasteiger partial charge on any atom is 0.266 e. The van der Waals surface area contributed by atoms with Gasteiger partial charge in [0.25, 0.3) is 5.92 Å². The number of aromatic nitrogens is 2. The molecule has 0 amide bonds. The fourth-order valence-electron chi connectivity index (χ4n) is 2.73. The minimum absolute atomic E-state index is 0.0838. The van der Waals surface area contributed by atoms with Crippen LogP contribution in [0.1, 0.15) is 17.5 Å². The molecule has 5 nitrogen and oxygen atoms in total. The standard InChI is InChI=1S/C17H21F2N5/c1-12-2-4-13(5-3-12)6-8-21-14-10-15(23-16(20)22-14)24-9-7-17(18,19)11-24/h2-5,10H,6-9,11H2,1H3,(H3,20,21,22,23). The van der Waals surface area contributed by atoms with Crippen LogP contribution in [-0.2, 0) is 6.42 Å². The van der Waals surface area contributed by atoms with E-state index in [1.54, 1.807) is 11.0 Å². The number of alkyl halides is 2. The fourth-order valence-corrected chi connectivity index (χ4v) is 2.73. The molecule has 2 aromatic rings. The number of hydrogen-bond donors (Lipinski definition) is 2. The summed E-state index contributed by atoms with van der Waals surface area (Å²) in [7, 11) is 0. The number of benzene rings is 1. The molecule has 24 heavy (non-hydrogen) atoms. The van der Waals surface area contributed by atoms with E-state index in [1.165, 1.54) is 11.1 Å². The minimum atomic E-state index is -2.67. The van der Waals surface area contributed by atoms with Gasteiger partial charge >= 0.3 is 0 Å². The Balaban J connectivity index is 1.62. The molecule has 3 rings (SSSR count). The second-order valence-electron chi connectivity index (χ2n) is 6.16. The zero-order valence-electron chi connectivity index (χ0n) is 13.6. The van der Waals surface area contributed by atoms with Crippen LogP contribution in [0.3, 0.4) is 0 Å². The van der Waals surface area contributed by atoms with Crippen LogP contribution >= 0.6 is 0 Å². The molecule has 1 aromatic carbocycles. The van der Waals surface area contributed by atoms with Gasteiger partial charge in [-0.15, -0.1) is 0 Å². The summed E-state index contributed by atoms with van der Waals surface area (Å²) in [5.74, 6) is -1.59. The predicted molar refractivity (Wildman–Crippen MR) is 91.6 cm³/mol. The van der Waals surface area contributed by atoms with Crippen molar-refractivity contribution in [1.29, 1.82) is 0 Å². The highest BCUT2D eigenvalue weighted by atomic mass is 19.3. The Hall–Kier alpha value is -2.44. The molecule has 1 aliphatic rings. The number of nitrogen functional groups attached to an aromatic ring is 1. The third kappa shape index (κ3) is 4.10. The topological polar surface area (TPSA) is 67.1 Å². The first-order chi connectivity index (χ1) is 11.4. The van der Waals surface area contributed by atoms with Crippen LogP contribution in [-0.4, -0.2) is 35.5 Å². The first kappa shape index (κ1) is 16.4. The smallest absolute Gasteiger partial charge is 0.266 e. The van der Waals surface area contributed by atoms with E-state index in [0.29, 0.717) is 18.2 Å². The van der Waals surface area contributed by atoms with Crippen LogP contribution in [0.4, 0.5) is 26.4 Å². The van der Waals surface area contributed by atoms with Crippen molar-refractivity contribution in [1.82, 2.24) is 9.97 Å². The molecule has 1 aliphatic heterocycles. The average Bonchev–Trinajstić information content (AvgIpc) is 2.89. The van der Waals surface area contributed by atoms with Crippen molar-refractivity contribution in [3.05, 3.63) is 41.5 Å². The van der Waals surface area contributed by atoms with E-state index in [9.17, 15) is 8.78 Å². The van der Waals surface area contributed by atoms with Gasteiger partial charge in [-0.05, 0) is 18.9 Å². The van der Waals surface area contributed by atoms with Crippen molar-refractivity contribution in [3.63, 3.8) is 0 Å². The first-order valence-corrected chi connectivity index (χ1v) is 7.98. The highest BCUT2D eigenvalue weighted by molar-refractivity contribution is 5.53. The summed E-state index contributed by atoms with van der Waals surface area (Å²) < 4.78 is 26.7. The van der Waals surface area contributed by atoms with E-state index in [1.807, 2.05) is 0 Å². The number of nitrogens with two attached hydrogens (primary N) is 1. The quantitative estimate of drug-likeness (QED) is 0.881. The molecule has 1 aromatic heterocycles. The summed E-state index contributed by atoms with van der Waals surface area (Å²) in [6, 6.07) is 9.99. The molecule has 0 aliphatic carbocycles. The molecule has 0 unspecified atom stereocenters. The normalized spacial score (nSPS) is 16.4. The van der Waals surface area contributed by atoms with Gasteiger partial charge in [-0.1, -0.05) is 29.8 Å². The molecule has 2 heterocycles. The Labute approximate surface area is 139 Å².